The van der Waals surface area contributed by atoms with E-state index in [4.69, 9.17) is 4.74 Å². The van der Waals surface area contributed by atoms with Crippen molar-refractivity contribution in [2.24, 2.45) is 5.41 Å². The van der Waals surface area contributed by atoms with Crippen LogP contribution in [0.25, 0.3) is 0 Å². The van der Waals surface area contributed by atoms with Crippen LogP contribution < -0.4 is 0 Å². The summed E-state index contributed by atoms with van der Waals surface area (Å²) in [7, 11) is 1.63. The quantitative estimate of drug-likeness (QED) is 0.827. The Hall–Kier alpha value is -1.53. The van der Waals surface area contributed by atoms with E-state index < -0.39 is 11.6 Å². The predicted molar refractivity (Wildman–Crippen MR) is 86.4 cm³/mol. The van der Waals surface area contributed by atoms with Gasteiger partial charge in [0.05, 0.1) is 12.0 Å². The van der Waals surface area contributed by atoms with E-state index in [1.807, 2.05) is 4.90 Å². The SMILES string of the molecule is COCCN1CCCC2(CCN(Cc3cc(F)ccc3F)C2)C1=O. The number of hydrogen-bond donors (Lipinski definition) is 0. The minimum atomic E-state index is -0.431. The summed E-state index contributed by atoms with van der Waals surface area (Å²) >= 11 is 0. The third kappa shape index (κ3) is 3.44. The van der Waals surface area contributed by atoms with Crippen LogP contribution in [-0.2, 0) is 16.1 Å². The number of likely N-dealkylation sites (tertiary alicyclic amines) is 2. The van der Waals surface area contributed by atoms with Crippen LogP contribution in [0.2, 0.25) is 0 Å². The number of nitrogens with zero attached hydrogens (tertiary/aromatic N) is 2. The highest BCUT2D eigenvalue weighted by molar-refractivity contribution is 5.84. The Labute approximate surface area is 141 Å². The molecule has 0 aliphatic carbocycles. The fraction of sp³-hybridized carbons (Fsp3) is 0.611. The first kappa shape index (κ1) is 17.3. The van der Waals surface area contributed by atoms with E-state index in [1.54, 1.807) is 7.11 Å². The minimum Gasteiger partial charge on any atom is -0.383 e. The maximum atomic E-state index is 13.9. The molecular formula is C18H24F2N2O2. The zero-order valence-electron chi connectivity index (χ0n) is 14.1. The van der Waals surface area contributed by atoms with Gasteiger partial charge in [0.15, 0.2) is 0 Å². The summed E-state index contributed by atoms with van der Waals surface area (Å²) in [6.07, 6.45) is 2.64. The van der Waals surface area contributed by atoms with Crippen LogP contribution in [0.3, 0.4) is 0 Å². The number of piperidine rings is 1. The number of amides is 1. The van der Waals surface area contributed by atoms with Gasteiger partial charge in [-0.1, -0.05) is 0 Å². The second kappa shape index (κ2) is 7.15. The highest BCUT2D eigenvalue weighted by Gasteiger charge is 2.48. The molecule has 1 atom stereocenters. The van der Waals surface area contributed by atoms with E-state index in [0.717, 1.165) is 44.5 Å². The van der Waals surface area contributed by atoms with Crippen molar-refractivity contribution >= 4 is 5.91 Å². The van der Waals surface area contributed by atoms with Crippen molar-refractivity contribution in [3.63, 3.8) is 0 Å². The molecule has 4 nitrogen and oxygen atoms in total. The van der Waals surface area contributed by atoms with Gasteiger partial charge in [-0.2, -0.15) is 0 Å². The van der Waals surface area contributed by atoms with Gasteiger partial charge in [0, 0.05) is 38.9 Å². The van der Waals surface area contributed by atoms with Crippen molar-refractivity contribution in [3.8, 4) is 0 Å². The van der Waals surface area contributed by atoms with Gasteiger partial charge in [-0.3, -0.25) is 9.69 Å². The molecule has 1 spiro atoms. The second-order valence-electron chi connectivity index (χ2n) is 6.87. The molecule has 3 rings (SSSR count). The number of hydrogen-bond acceptors (Lipinski definition) is 3. The Morgan fingerprint density at radius 1 is 1.25 bits per heavy atom. The highest BCUT2D eigenvalue weighted by Crippen LogP contribution is 2.40. The summed E-state index contributed by atoms with van der Waals surface area (Å²) in [6.45, 7) is 3.64. The Bertz CT molecular complexity index is 611. The molecule has 1 aromatic rings. The van der Waals surface area contributed by atoms with Crippen LogP contribution in [0.15, 0.2) is 18.2 Å². The lowest BCUT2D eigenvalue weighted by atomic mass is 9.78. The maximum Gasteiger partial charge on any atom is 0.230 e. The summed E-state index contributed by atoms with van der Waals surface area (Å²) in [5, 5.41) is 0. The van der Waals surface area contributed by atoms with Crippen molar-refractivity contribution in [3.05, 3.63) is 35.4 Å². The number of ether oxygens (including phenoxy) is 1. The van der Waals surface area contributed by atoms with Gasteiger partial charge in [0.2, 0.25) is 5.91 Å². The summed E-state index contributed by atoms with van der Waals surface area (Å²) in [5.41, 5.74) is -0.0120. The van der Waals surface area contributed by atoms with Crippen LogP contribution in [0, 0.1) is 17.0 Å². The molecule has 0 radical (unpaired) electrons. The number of carbonyl (C=O) groups is 1. The van der Waals surface area contributed by atoms with E-state index in [2.05, 4.69) is 4.90 Å². The van der Waals surface area contributed by atoms with Gasteiger partial charge in [-0.05, 0) is 44.0 Å². The average molecular weight is 338 g/mol. The van der Waals surface area contributed by atoms with E-state index >= 15 is 0 Å². The van der Waals surface area contributed by atoms with Gasteiger partial charge in [-0.15, -0.1) is 0 Å². The van der Waals surface area contributed by atoms with Gasteiger partial charge in [0.25, 0.3) is 0 Å². The van der Waals surface area contributed by atoms with Crippen molar-refractivity contribution in [1.29, 1.82) is 0 Å². The van der Waals surface area contributed by atoms with Crippen LogP contribution in [0.4, 0.5) is 8.78 Å². The number of carbonyl (C=O) groups excluding carboxylic acids is 1. The molecule has 2 aliphatic rings. The van der Waals surface area contributed by atoms with Crippen LogP contribution >= 0.6 is 0 Å². The molecule has 0 saturated carbocycles. The summed E-state index contributed by atoms with van der Waals surface area (Å²) < 4.78 is 32.3. The van der Waals surface area contributed by atoms with Gasteiger partial charge in [0.1, 0.15) is 11.6 Å². The lowest BCUT2D eigenvalue weighted by Gasteiger charge is -2.39. The molecule has 0 aromatic heterocycles. The third-order valence-corrected chi connectivity index (χ3v) is 5.22. The van der Waals surface area contributed by atoms with Crippen molar-refractivity contribution in [1.82, 2.24) is 9.80 Å². The first-order valence-corrected chi connectivity index (χ1v) is 8.49. The first-order valence-electron chi connectivity index (χ1n) is 8.49. The van der Waals surface area contributed by atoms with E-state index in [-0.39, 0.29) is 11.3 Å². The zero-order chi connectivity index (χ0) is 17.2. The van der Waals surface area contributed by atoms with Crippen LogP contribution in [0.1, 0.15) is 24.8 Å². The van der Waals surface area contributed by atoms with E-state index in [1.165, 1.54) is 6.07 Å². The normalized spacial score (nSPS) is 25.0. The maximum absolute atomic E-state index is 13.9. The summed E-state index contributed by atoms with van der Waals surface area (Å²) in [5.74, 6) is -0.637. The highest BCUT2D eigenvalue weighted by atomic mass is 19.1. The van der Waals surface area contributed by atoms with E-state index in [9.17, 15) is 13.6 Å². The molecule has 6 heteroatoms. The molecule has 0 bridgehead atoms. The second-order valence-corrected chi connectivity index (χ2v) is 6.87. The molecule has 24 heavy (non-hydrogen) atoms. The molecular weight excluding hydrogens is 314 g/mol. The fourth-order valence-corrected chi connectivity index (χ4v) is 3.94. The Morgan fingerprint density at radius 3 is 2.88 bits per heavy atom. The van der Waals surface area contributed by atoms with Crippen molar-refractivity contribution < 1.29 is 18.3 Å². The number of methoxy groups -OCH3 is 1. The standard InChI is InChI=1S/C18H24F2N2O2/c1-24-10-9-22-7-2-5-18(17(22)23)6-8-21(13-18)12-14-11-15(19)3-4-16(14)20/h3-4,11H,2,5-10,12-13H2,1H3. The molecule has 2 saturated heterocycles. The van der Waals surface area contributed by atoms with Crippen molar-refractivity contribution in [2.45, 2.75) is 25.8 Å². The molecule has 2 heterocycles. The molecule has 2 aliphatic heterocycles. The molecule has 2 fully saturated rings. The van der Waals surface area contributed by atoms with Crippen LogP contribution in [0.5, 0.6) is 0 Å². The van der Waals surface area contributed by atoms with Crippen LogP contribution in [-0.4, -0.2) is 55.6 Å². The summed E-state index contributed by atoms with van der Waals surface area (Å²) in [4.78, 5) is 16.8. The first-order chi connectivity index (χ1) is 11.5. The minimum absolute atomic E-state index is 0.188. The Balaban J connectivity index is 1.67. The largest absolute Gasteiger partial charge is 0.383 e. The Morgan fingerprint density at radius 2 is 2.08 bits per heavy atom. The molecule has 1 aromatic carbocycles. The number of halogens is 2. The monoisotopic (exact) mass is 338 g/mol. The average Bonchev–Trinajstić information content (AvgIpc) is 2.96. The lowest BCUT2D eigenvalue weighted by Crippen LogP contribution is -2.50. The fourth-order valence-electron chi connectivity index (χ4n) is 3.94. The van der Waals surface area contributed by atoms with Crippen molar-refractivity contribution in [2.75, 3.05) is 39.9 Å². The molecule has 132 valence electrons. The molecule has 0 N–H and O–H groups in total. The number of benzene rings is 1. The third-order valence-electron chi connectivity index (χ3n) is 5.22. The lowest BCUT2D eigenvalue weighted by molar-refractivity contribution is -0.146. The Kier molecular flexibility index (Phi) is 5.15. The molecule has 1 amide bonds. The predicted octanol–water partition coefficient (Wildman–Crippen LogP) is 2.43. The smallest absolute Gasteiger partial charge is 0.230 e. The number of rotatable bonds is 5. The molecule has 1 unspecified atom stereocenters. The zero-order valence-corrected chi connectivity index (χ0v) is 14.1. The van der Waals surface area contributed by atoms with E-state index in [0.29, 0.717) is 31.8 Å². The van der Waals surface area contributed by atoms with Gasteiger partial charge >= 0.3 is 0 Å². The van der Waals surface area contributed by atoms with Gasteiger partial charge in [-0.25, -0.2) is 8.78 Å². The summed E-state index contributed by atoms with van der Waals surface area (Å²) in [6, 6.07) is 3.53. The van der Waals surface area contributed by atoms with Gasteiger partial charge < -0.3 is 9.64 Å². The topological polar surface area (TPSA) is 32.8 Å².